The SMILES string of the molecule is O=C(C1=CC=C(F)C(Cl)(Cl)C1)c1ccc(F)cc1. The van der Waals surface area contributed by atoms with Gasteiger partial charge in [0.05, 0.1) is 0 Å². The predicted octanol–water partition coefficient (Wildman–Crippen LogP) is 4.37. The van der Waals surface area contributed by atoms with Crippen LogP contribution in [0, 0.1) is 5.82 Å². The molecule has 1 nitrogen and oxygen atoms in total. The first-order chi connectivity index (χ1) is 8.40. The molecule has 0 spiro atoms. The van der Waals surface area contributed by atoms with Gasteiger partial charge in [0, 0.05) is 17.6 Å². The second kappa shape index (κ2) is 4.82. The fraction of sp³-hybridized carbons (Fsp3) is 0.154. The molecule has 0 amide bonds. The van der Waals surface area contributed by atoms with Crippen molar-refractivity contribution in [1.82, 2.24) is 0 Å². The Morgan fingerprint density at radius 1 is 1.11 bits per heavy atom. The number of benzene rings is 1. The molecule has 94 valence electrons. The summed E-state index contributed by atoms with van der Waals surface area (Å²) >= 11 is 11.5. The van der Waals surface area contributed by atoms with Crippen LogP contribution in [0.3, 0.4) is 0 Å². The van der Waals surface area contributed by atoms with Gasteiger partial charge in [0.15, 0.2) is 10.1 Å². The van der Waals surface area contributed by atoms with Gasteiger partial charge in [0.2, 0.25) is 0 Å². The lowest BCUT2D eigenvalue weighted by atomic mass is 9.95. The minimum absolute atomic E-state index is 0.116. The van der Waals surface area contributed by atoms with E-state index in [-0.39, 0.29) is 17.8 Å². The summed E-state index contributed by atoms with van der Waals surface area (Å²) in [6.07, 6.45) is 2.29. The molecule has 0 aliphatic heterocycles. The first kappa shape index (κ1) is 13.2. The summed E-state index contributed by atoms with van der Waals surface area (Å²) in [5.41, 5.74) is 0.593. The van der Waals surface area contributed by atoms with E-state index in [0.29, 0.717) is 5.56 Å². The Balaban J connectivity index is 2.28. The van der Waals surface area contributed by atoms with Gasteiger partial charge in [-0.25, -0.2) is 8.78 Å². The third-order valence-corrected chi connectivity index (χ3v) is 3.22. The van der Waals surface area contributed by atoms with E-state index in [0.717, 1.165) is 6.08 Å². The van der Waals surface area contributed by atoms with Crippen molar-refractivity contribution in [3.8, 4) is 0 Å². The maximum atomic E-state index is 13.2. The number of ketones is 1. The Bertz CT molecular complexity index is 545. The maximum Gasteiger partial charge on any atom is 0.189 e. The highest BCUT2D eigenvalue weighted by atomic mass is 35.5. The largest absolute Gasteiger partial charge is 0.289 e. The number of alkyl halides is 2. The van der Waals surface area contributed by atoms with Gasteiger partial charge in [-0.3, -0.25) is 4.79 Å². The van der Waals surface area contributed by atoms with Crippen LogP contribution in [0.25, 0.3) is 0 Å². The molecule has 0 N–H and O–H groups in total. The topological polar surface area (TPSA) is 17.1 Å². The predicted molar refractivity (Wildman–Crippen MR) is 67.1 cm³/mol. The van der Waals surface area contributed by atoms with E-state index in [4.69, 9.17) is 23.2 Å². The first-order valence-corrected chi connectivity index (χ1v) is 5.91. The summed E-state index contributed by atoms with van der Waals surface area (Å²) < 4.78 is 24.3. The minimum atomic E-state index is -1.71. The van der Waals surface area contributed by atoms with Crippen LogP contribution >= 0.6 is 23.2 Å². The molecule has 1 aliphatic carbocycles. The third-order valence-electron chi connectivity index (χ3n) is 2.59. The van der Waals surface area contributed by atoms with Crippen molar-refractivity contribution >= 4 is 29.0 Å². The Hall–Kier alpha value is -1.19. The highest BCUT2D eigenvalue weighted by molar-refractivity contribution is 6.50. The van der Waals surface area contributed by atoms with Crippen LogP contribution in [0.2, 0.25) is 0 Å². The monoisotopic (exact) mass is 288 g/mol. The van der Waals surface area contributed by atoms with Crippen molar-refractivity contribution in [2.45, 2.75) is 10.8 Å². The highest BCUT2D eigenvalue weighted by Gasteiger charge is 2.35. The smallest absolute Gasteiger partial charge is 0.189 e. The first-order valence-electron chi connectivity index (χ1n) is 5.15. The zero-order valence-corrected chi connectivity index (χ0v) is 10.6. The molecule has 0 atom stereocenters. The molecule has 0 radical (unpaired) electrons. The molecule has 18 heavy (non-hydrogen) atoms. The van der Waals surface area contributed by atoms with Gasteiger partial charge in [0.25, 0.3) is 0 Å². The molecule has 5 heteroatoms. The molecule has 0 aromatic heterocycles. The average molecular weight is 289 g/mol. The van der Waals surface area contributed by atoms with Gasteiger partial charge in [0.1, 0.15) is 11.6 Å². The molecule has 0 unspecified atom stereocenters. The summed E-state index contributed by atoms with van der Waals surface area (Å²) in [4.78, 5) is 12.0. The third kappa shape index (κ3) is 2.62. The molecule has 0 saturated carbocycles. The summed E-state index contributed by atoms with van der Waals surface area (Å²) in [7, 11) is 0. The van der Waals surface area contributed by atoms with E-state index < -0.39 is 16.0 Å². The minimum Gasteiger partial charge on any atom is -0.289 e. The number of halogens is 4. The Labute approximate surface area is 113 Å². The number of carbonyl (C=O) groups excluding carboxylic acids is 1. The van der Waals surface area contributed by atoms with E-state index in [9.17, 15) is 13.6 Å². The molecular formula is C13H8Cl2F2O. The van der Waals surface area contributed by atoms with Gasteiger partial charge in [-0.05, 0) is 30.3 Å². The van der Waals surface area contributed by atoms with Gasteiger partial charge in [-0.2, -0.15) is 0 Å². The van der Waals surface area contributed by atoms with E-state index in [1.807, 2.05) is 0 Å². The van der Waals surface area contributed by atoms with Crippen molar-refractivity contribution < 1.29 is 13.6 Å². The van der Waals surface area contributed by atoms with Crippen molar-refractivity contribution in [2.24, 2.45) is 0 Å². The quantitative estimate of drug-likeness (QED) is 0.583. The van der Waals surface area contributed by atoms with Crippen LogP contribution in [0.1, 0.15) is 16.8 Å². The fourth-order valence-electron chi connectivity index (χ4n) is 1.62. The number of hydrogen-bond donors (Lipinski definition) is 0. The van der Waals surface area contributed by atoms with Crippen LogP contribution < -0.4 is 0 Å². The number of carbonyl (C=O) groups is 1. The van der Waals surface area contributed by atoms with E-state index in [1.165, 1.54) is 30.3 Å². The zero-order valence-electron chi connectivity index (χ0n) is 9.09. The second-order valence-electron chi connectivity index (χ2n) is 3.92. The molecule has 1 aromatic rings. The Morgan fingerprint density at radius 2 is 1.72 bits per heavy atom. The van der Waals surface area contributed by atoms with Gasteiger partial charge in [-0.1, -0.05) is 29.3 Å². The van der Waals surface area contributed by atoms with Gasteiger partial charge in [-0.15, -0.1) is 0 Å². The second-order valence-corrected chi connectivity index (χ2v) is 5.41. The number of rotatable bonds is 2. The molecule has 1 aromatic carbocycles. The summed E-state index contributed by atoms with van der Waals surface area (Å²) in [6.45, 7) is 0. The standard InChI is InChI=1S/C13H8Cl2F2O/c14-13(15)7-9(3-6-11(13)17)12(18)8-1-4-10(16)5-2-8/h1-6H,7H2. The van der Waals surface area contributed by atoms with Gasteiger partial charge >= 0.3 is 0 Å². The number of hydrogen-bond acceptors (Lipinski definition) is 1. The zero-order chi connectivity index (χ0) is 13.3. The molecule has 0 saturated heterocycles. The van der Waals surface area contributed by atoms with Crippen LogP contribution in [-0.4, -0.2) is 10.1 Å². The van der Waals surface area contributed by atoms with Crippen molar-refractivity contribution in [3.05, 3.63) is 59.2 Å². The summed E-state index contributed by atoms with van der Waals surface area (Å²) in [6, 6.07) is 5.08. The molecule has 0 heterocycles. The van der Waals surface area contributed by atoms with Crippen LogP contribution in [-0.2, 0) is 0 Å². The maximum absolute atomic E-state index is 13.2. The van der Waals surface area contributed by atoms with Gasteiger partial charge < -0.3 is 0 Å². The average Bonchev–Trinajstić information content (AvgIpc) is 2.33. The van der Waals surface area contributed by atoms with Crippen LogP contribution in [0.4, 0.5) is 8.78 Å². The fourth-order valence-corrected chi connectivity index (χ4v) is 2.03. The summed E-state index contributed by atoms with van der Waals surface area (Å²) in [5, 5.41) is 0. The normalized spacial score (nSPS) is 18.0. The van der Waals surface area contributed by atoms with E-state index in [1.54, 1.807) is 0 Å². The van der Waals surface area contributed by atoms with Crippen LogP contribution in [0.5, 0.6) is 0 Å². The Morgan fingerprint density at radius 3 is 2.28 bits per heavy atom. The highest BCUT2D eigenvalue weighted by Crippen LogP contribution is 2.40. The lowest BCUT2D eigenvalue weighted by molar-refractivity contribution is 0.102. The van der Waals surface area contributed by atoms with Crippen molar-refractivity contribution in [3.63, 3.8) is 0 Å². The number of allylic oxidation sites excluding steroid dienone is 4. The molecule has 0 fully saturated rings. The lowest BCUT2D eigenvalue weighted by Gasteiger charge is -2.22. The Kier molecular flexibility index (Phi) is 3.55. The lowest BCUT2D eigenvalue weighted by Crippen LogP contribution is -2.21. The molecule has 1 aliphatic rings. The molecule has 2 rings (SSSR count). The molecule has 0 bridgehead atoms. The molecular weight excluding hydrogens is 281 g/mol. The summed E-state index contributed by atoms with van der Waals surface area (Å²) in [5.74, 6) is -1.47. The van der Waals surface area contributed by atoms with E-state index >= 15 is 0 Å². The van der Waals surface area contributed by atoms with Crippen molar-refractivity contribution in [1.29, 1.82) is 0 Å². The number of Topliss-reactive ketones (excluding diaryl/α,β-unsaturated/α-hetero) is 1. The van der Waals surface area contributed by atoms with Crippen molar-refractivity contribution in [2.75, 3.05) is 0 Å². The van der Waals surface area contributed by atoms with E-state index in [2.05, 4.69) is 0 Å². The van der Waals surface area contributed by atoms with Crippen LogP contribution in [0.15, 0.2) is 47.8 Å².